The Morgan fingerprint density at radius 3 is 2.80 bits per heavy atom. The first-order valence-corrected chi connectivity index (χ1v) is 5.69. The third-order valence-corrected chi connectivity index (χ3v) is 2.87. The molecule has 2 rings (SSSR count). The molecule has 0 fully saturated rings. The highest BCUT2D eigenvalue weighted by Gasteiger charge is 2.02. The molecular formula is C11H11IN2O. The number of nitrogens with zero attached hydrogens (tertiary/aromatic N) is 2. The maximum absolute atomic E-state index is 9.06. The van der Waals surface area contributed by atoms with Crippen LogP contribution in [0.4, 0.5) is 0 Å². The van der Waals surface area contributed by atoms with Crippen molar-refractivity contribution in [1.29, 1.82) is 0 Å². The molecule has 4 heteroatoms. The molecule has 0 bridgehead atoms. The van der Waals surface area contributed by atoms with Crippen LogP contribution >= 0.6 is 22.6 Å². The van der Waals surface area contributed by atoms with Crippen molar-refractivity contribution in [3.05, 3.63) is 45.3 Å². The van der Waals surface area contributed by atoms with E-state index in [0.29, 0.717) is 0 Å². The first-order chi connectivity index (χ1) is 7.20. The third-order valence-electron chi connectivity index (χ3n) is 2.31. The zero-order valence-corrected chi connectivity index (χ0v) is 10.5. The Hall–Kier alpha value is -0.880. The van der Waals surface area contributed by atoms with Crippen molar-refractivity contribution in [3.8, 4) is 5.69 Å². The van der Waals surface area contributed by atoms with Gasteiger partial charge < -0.3 is 5.11 Å². The summed E-state index contributed by atoms with van der Waals surface area (Å²) >= 11 is 2.23. The Kier molecular flexibility index (Phi) is 3.06. The zero-order valence-electron chi connectivity index (χ0n) is 8.31. The predicted molar refractivity (Wildman–Crippen MR) is 66.9 cm³/mol. The lowest BCUT2D eigenvalue weighted by Crippen LogP contribution is -1.97. The standard InChI is InChI=1S/C11H11IN2O/c1-8-4-11(3-2-9(8)7-15)14-6-10(12)5-13-14/h2-6,15H,7H2,1H3. The number of rotatable bonds is 2. The lowest BCUT2D eigenvalue weighted by atomic mass is 10.1. The van der Waals surface area contributed by atoms with Crippen LogP contribution in [0.15, 0.2) is 30.6 Å². The molecule has 1 aromatic heterocycles. The quantitative estimate of drug-likeness (QED) is 0.864. The Labute approximate surface area is 102 Å². The fraction of sp³-hybridized carbons (Fsp3) is 0.182. The lowest BCUT2D eigenvalue weighted by Gasteiger charge is -2.06. The minimum atomic E-state index is 0.0861. The van der Waals surface area contributed by atoms with Gasteiger partial charge in [0.2, 0.25) is 0 Å². The van der Waals surface area contributed by atoms with Gasteiger partial charge in [0.05, 0.1) is 22.1 Å². The Morgan fingerprint density at radius 2 is 2.27 bits per heavy atom. The largest absolute Gasteiger partial charge is 0.392 e. The van der Waals surface area contributed by atoms with Gasteiger partial charge in [0.1, 0.15) is 0 Å². The molecular weight excluding hydrogens is 303 g/mol. The van der Waals surface area contributed by atoms with E-state index < -0.39 is 0 Å². The molecule has 1 heterocycles. The Morgan fingerprint density at radius 1 is 1.47 bits per heavy atom. The van der Waals surface area contributed by atoms with Gasteiger partial charge in [0.25, 0.3) is 0 Å². The molecule has 0 saturated heterocycles. The molecule has 0 radical (unpaired) electrons. The normalized spacial score (nSPS) is 10.6. The molecule has 0 spiro atoms. The first kappa shape index (κ1) is 10.6. The molecule has 1 aromatic carbocycles. The van der Waals surface area contributed by atoms with E-state index in [1.54, 1.807) is 0 Å². The third kappa shape index (κ3) is 2.21. The fourth-order valence-corrected chi connectivity index (χ4v) is 1.83. The van der Waals surface area contributed by atoms with Gasteiger partial charge in [-0.3, -0.25) is 0 Å². The van der Waals surface area contributed by atoms with Crippen molar-refractivity contribution in [1.82, 2.24) is 9.78 Å². The summed E-state index contributed by atoms with van der Waals surface area (Å²) in [7, 11) is 0. The van der Waals surface area contributed by atoms with E-state index in [4.69, 9.17) is 5.11 Å². The summed E-state index contributed by atoms with van der Waals surface area (Å²) in [5.74, 6) is 0. The van der Waals surface area contributed by atoms with E-state index in [-0.39, 0.29) is 6.61 Å². The van der Waals surface area contributed by atoms with E-state index in [1.165, 1.54) is 0 Å². The summed E-state index contributed by atoms with van der Waals surface area (Å²) in [6, 6.07) is 5.91. The summed E-state index contributed by atoms with van der Waals surface area (Å²) in [6.07, 6.45) is 3.78. The van der Waals surface area contributed by atoms with E-state index in [2.05, 4.69) is 27.7 Å². The summed E-state index contributed by atoms with van der Waals surface area (Å²) in [5, 5.41) is 13.3. The van der Waals surface area contributed by atoms with Crippen molar-refractivity contribution < 1.29 is 5.11 Å². The zero-order chi connectivity index (χ0) is 10.8. The van der Waals surface area contributed by atoms with Crippen LogP contribution < -0.4 is 0 Å². The van der Waals surface area contributed by atoms with Gasteiger partial charge in [-0.15, -0.1) is 0 Å². The van der Waals surface area contributed by atoms with E-state index >= 15 is 0 Å². The highest BCUT2D eigenvalue weighted by Crippen LogP contribution is 2.15. The van der Waals surface area contributed by atoms with Crippen LogP contribution in [0.5, 0.6) is 0 Å². The van der Waals surface area contributed by atoms with Crippen molar-refractivity contribution in [2.75, 3.05) is 0 Å². The maximum Gasteiger partial charge on any atom is 0.0684 e. The van der Waals surface area contributed by atoms with Crippen LogP contribution in [-0.2, 0) is 6.61 Å². The number of halogens is 1. The van der Waals surface area contributed by atoms with Crippen LogP contribution in [0.25, 0.3) is 5.69 Å². The van der Waals surface area contributed by atoms with E-state index in [0.717, 1.165) is 20.4 Å². The number of benzene rings is 1. The smallest absolute Gasteiger partial charge is 0.0684 e. The molecule has 15 heavy (non-hydrogen) atoms. The van der Waals surface area contributed by atoms with Crippen LogP contribution in [0.1, 0.15) is 11.1 Å². The molecule has 0 amide bonds. The lowest BCUT2D eigenvalue weighted by molar-refractivity contribution is 0.281. The molecule has 0 aliphatic carbocycles. The molecule has 0 unspecified atom stereocenters. The van der Waals surface area contributed by atoms with Gasteiger partial charge in [-0.2, -0.15) is 5.10 Å². The second-order valence-corrected chi connectivity index (χ2v) is 4.62. The van der Waals surface area contributed by atoms with Crippen molar-refractivity contribution in [2.45, 2.75) is 13.5 Å². The monoisotopic (exact) mass is 314 g/mol. The molecule has 0 saturated carbocycles. The summed E-state index contributed by atoms with van der Waals surface area (Å²) in [5.41, 5.74) is 3.06. The van der Waals surface area contributed by atoms with Crippen LogP contribution in [0.3, 0.4) is 0 Å². The highest BCUT2D eigenvalue weighted by atomic mass is 127. The van der Waals surface area contributed by atoms with Crippen molar-refractivity contribution >= 4 is 22.6 Å². The van der Waals surface area contributed by atoms with Gasteiger partial charge in [-0.05, 0) is 52.8 Å². The van der Waals surface area contributed by atoms with Gasteiger partial charge in [-0.1, -0.05) is 6.07 Å². The minimum absolute atomic E-state index is 0.0861. The van der Waals surface area contributed by atoms with Gasteiger partial charge in [-0.25, -0.2) is 4.68 Å². The predicted octanol–water partition coefficient (Wildman–Crippen LogP) is 2.28. The molecule has 2 aromatic rings. The fourth-order valence-electron chi connectivity index (χ4n) is 1.44. The van der Waals surface area contributed by atoms with Gasteiger partial charge in [0.15, 0.2) is 0 Å². The molecule has 1 N–H and O–H groups in total. The van der Waals surface area contributed by atoms with E-state index in [9.17, 15) is 0 Å². The van der Waals surface area contributed by atoms with Crippen molar-refractivity contribution in [3.63, 3.8) is 0 Å². The average Bonchev–Trinajstić information content (AvgIpc) is 2.65. The van der Waals surface area contributed by atoms with E-state index in [1.807, 2.05) is 42.2 Å². The summed E-state index contributed by atoms with van der Waals surface area (Å²) in [6.45, 7) is 2.08. The number of aromatic nitrogens is 2. The molecule has 0 atom stereocenters. The minimum Gasteiger partial charge on any atom is -0.392 e. The Balaban J connectivity index is 2.42. The van der Waals surface area contributed by atoms with Crippen LogP contribution in [0, 0.1) is 10.5 Å². The Bertz CT molecular complexity index is 479. The second kappa shape index (κ2) is 4.32. The number of aryl methyl sites for hydroxylation is 1. The number of hydrogen-bond donors (Lipinski definition) is 1. The SMILES string of the molecule is Cc1cc(-n2cc(I)cn2)ccc1CO. The topological polar surface area (TPSA) is 38.0 Å². The highest BCUT2D eigenvalue weighted by molar-refractivity contribution is 14.1. The molecule has 0 aliphatic heterocycles. The van der Waals surface area contributed by atoms with Crippen LogP contribution in [0.2, 0.25) is 0 Å². The molecule has 78 valence electrons. The maximum atomic E-state index is 9.06. The number of aliphatic hydroxyl groups excluding tert-OH is 1. The second-order valence-electron chi connectivity index (χ2n) is 3.37. The average molecular weight is 314 g/mol. The summed E-state index contributed by atoms with van der Waals surface area (Å²) < 4.78 is 2.94. The number of aliphatic hydroxyl groups is 1. The number of hydrogen-bond acceptors (Lipinski definition) is 2. The first-order valence-electron chi connectivity index (χ1n) is 4.61. The van der Waals surface area contributed by atoms with Gasteiger partial charge in [0, 0.05) is 6.20 Å². The van der Waals surface area contributed by atoms with Crippen molar-refractivity contribution in [2.24, 2.45) is 0 Å². The van der Waals surface area contributed by atoms with Crippen LogP contribution in [-0.4, -0.2) is 14.9 Å². The van der Waals surface area contributed by atoms with Gasteiger partial charge >= 0.3 is 0 Å². The molecule has 3 nitrogen and oxygen atoms in total. The summed E-state index contributed by atoms with van der Waals surface area (Å²) in [4.78, 5) is 0. The molecule has 0 aliphatic rings.